The largest absolute Gasteiger partial charge is 0.335 e. The van der Waals surface area contributed by atoms with Gasteiger partial charge in [0.2, 0.25) is 0 Å². The number of hydrogen-bond donors (Lipinski definition) is 0. The maximum atomic E-state index is 12.8. The van der Waals surface area contributed by atoms with Crippen molar-refractivity contribution in [1.29, 1.82) is 0 Å². The third-order valence-corrected chi connectivity index (χ3v) is 5.65. The lowest BCUT2D eigenvalue weighted by Gasteiger charge is -2.28. The van der Waals surface area contributed by atoms with Gasteiger partial charge in [-0.3, -0.25) is 9.59 Å². The van der Waals surface area contributed by atoms with Gasteiger partial charge in [0.1, 0.15) is 5.78 Å². The molecular weight excluding hydrogens is 330 g/mol. The van der Waals surface area contributed by atoms with Crippen molar-refractivity contribution < 1.29 is 9.59 Å². The van der Waals surface area contributed by atoms with E-state index in [0.717, 1.165) is 42.3 Å². The lowest BCUT2D eigenvalue weighted by atomic mass is 9.94. The van der Waals surface area contributed by atoms with Gasteiger partial charge in [0.15, 0.2) is 0 Å². The summed E-state index contributed by atoms with van der Waals surface area (Å²) in [7, 11) is 0. The number of amides is 1. The zero-order valence-electron chi connectivity index (χ0n) is 12.3. The molecule has 1 aromatic carbocycles. The highest BCUT2D eigenvalue weighted by atomic mass is 79.9. The Balaban J connectivity index is 1.82. The maximum absolute atomic E-state index is 12.8. The smallest absolute Gasteiger partial charge is 0.254 e. The second kappa shape index (κ2) is 5.91. The molecule has 1 saturated carbocycles. The van der Waals surface area contributed by atoms with Gasteiger partial charge in [-0.15, -0.1) is 0 Å². The van der Waals surface area contributed by atoms with E-state index in [1.807, 2.05) is 30.0 Å². The molecule has 112 valence electrons. The van der Waals surface area contributed by atoms with E-state index in [2.05, 4.69) is 15.9 Å². The number of carbonyl (C=O) groups excluding carboxylic acids is 2. The summed E-state index contributed by atoms with van der Waals surface area (Å²) in [5, 5.41) is 0. The number of ketones is 1. The first-order chi connectivity index (χ1) is 10.1. The van der Waals surface area contributed by atoms with Crippen LogP contribution in [0.4, 0.5) is 0 Å². The van der Waals surface area contributed by atoms with Crippen molar-refractivity contribution in [2.75, 3.05) is 6.54 Å². The molecule has 1 amide bonds. The Labute approximate surface area is 133 Å². The summed E-state index contributed by atoms with van der Waals surface area (Å²) in [6, 6.07) is 5.86. The Hall–Kier alpha value is -1.16. The number of benzene rings is 1. The van der Waals surface area contributed by atoms with Crippen molar-refractivity contribution >= 4 is 27.6 Å². The fourth-order valence-corrected chi connectivity index (χ4v) is 3.98. The Morgan fingerprint density at radius 2 is 2.10 bits per heavy atom. The molecule has 0 radical (unpaired) electrons. The van der Waals surface area contributed by atoms with Crippen molar-refractivity contribution in [2.24, 2.45) is 5.92 Å². The summed E-state index contributed by atoms with van der Waals surface area (Å²) in [5.74, 6) is 0.494. The maximum Gasteiger partial charge on any atom is 0.254 e. The second-order valence-corrected chi connectivity index (χ2v) is 6.99. The molecule has 2 unspecified atom stereocenters. The lowest BCUT2D eigenvalue weighted by Crippen LogP contribution is -2.41. The van der Waals surface area contributed by atoms with Crippen molar-refractivity contribution in [3.63, 3.8) is 0 Å². The van der Waals surface area contributed by atoms with Crippen molar-refractivity contribution in [3.8, 4) is 0 Å². The third kappa shape index (κ3) is 2.78. The molecule has 1 aliphatic heterocycles. The fourth-order valence-electron chi connectivity index (χ4n) is 3.60. The molecule has 4 heteroatoms. The fraction of sp³-hybridized carbons (Fsp3) is 0.529. The Bertz CT molecular complexity index is 584. The van der Waals surface area contributed by atoms with Gasteiger partial charge in [0.05, 0.1) is 0 Å². The van der Waals surface area contributed by atoms with Crippen LogP contribution in [0.3, 0.4) is 0 Å². The molecule has 3 rings (SSSR count). The quantitative estimate of drug-likeness (QED) is 0.815. The Morgan fingerprint density at radius 1 is 1.29 bits per heavy atom. The van der Waals surface area contributed by atoms with Crippen LogP contribution in [0, 0.1) is 12.8 Å². The van der Waals surface area contributed by atoms with Gasteiger partial charge in [-0.1, -0.05) is 22.0 Å². The predicted octanol–water partition coefficient (Wildman–Crippen LogP) is 3.73. The van der Waals surface area contributed by atoms with Crippen molar-refractivity contribution in [2.45, 2.75) is 45.1 Å². The second-order valence-electron chi connectivity index (χ2n) is 6.14. The van der Waals surface area contributed by atoms with Gasteiger partial charge in [-0.25, -0.2) is 0 Å². The number of halogens is 1. The lowest BCUT2D eigenvalue weighted by molar-refractivity contribution is -0.121. The van der Waals surface area contributed by atoms with Crippen LogP contribution in [0.15, 0.2) is 22.7 Å². The average Bonchev–Trinajstić information content (AvgIpc) is 3.09. The molecule has 1 aromatic rings. The minimum absolute atomic E-state index is 0.0675. The molecule has 0 aromatic heterocycles. The number of carbonyl (C=O) groups is 2. The highest BCUT2D eigenvalue weighted by molar-refractivity contribution is 9.10. The summed E-state index contributed by atoms with van der Waals surface area (Å²) in [4.78, 5) is 26.7. The number of nitrogens with zero attached hydrogens (tertiary/aromatic N) is 1. The summed E-state index contributed by atoms with van der Waals surface area (Å²) in [6.07, 6.45) is 4.60. The van der Waals surface area contributed by atoms with E-state index in [-0.39, 0.29) is 17.9 Å². The molecule has 2 aliphatic rings. The zero-order chi connectivity index (χ0) is 15.0. The van der Waals surface area contributed by atoms with Crippen LogP contribution in [0.5, 0.6) is 0 Å². The van der Waals surface area contributed by atoms with Gasteiger partial charge in [0, 0.05) is 35.0 Å². The highest BCUT2D eigenvalue weighted by Gasteiger charge is 2.40. The zero-order valence-corrected chi connectivity index (χ0v) is 13.9. The monoisotopic (exact) mass is 349 g/mol. The first-order valence-corrected chi connectivity index (χ1v) is 8.47. The van der Waals surface area contributed by atoms with E-state index in [1.54, 1.807) is 0 Å². The van der Waals surface area contributed by atoms with Gasteiger partial charge in [-0.05, 0) is 50.3 Å². The van der Waals surface area contributed by atoms with Crippen molar-refractivity contribution in [3.05, 3.63) is 33.8 Å². The number of Topliss-reactive ketones (excluding diaryl/α,β-unsaturated/α-hetero) is 1. The van der Waals surface area contributed by atoms with Crippen LogP contribution < -0.4 is 0 Å². The number of likely N-dealkylation sites (tertiary alicyclic amines) is 1. The summed E-state index contributed by atoms with van der Waals surface area (Å²) < 4.78 is 0.959. The molecule has 1 saturated heterocycles. The molecule has 2 fully saturated rings. The van der Waals surface area contributed by atoms with Crippen LogP contribution in [-0.4, -0.2) is 29.2 Å². The van der Waals surface area contributed by atoms with Crippen LogP contribution in [0.2, 0.25) is 0 Å². The van der Waals surface area contributed by atoms with Gasteiger partial charge >= 0.3 is 0 Å². The Kier molecular flexibility index (Phi) is 4.16. The van der Waals surface area contributed by atoms with E-state index < -0.39 is 0 Å². The normalized spacial score (nSPS) is 25.6. The molecule has 0 bridgehead atoms. The topological polar surface area (TPSA) is 37.4 Å². The third-order valence-electron chi connectivity index (χ3n) is 4.80. The molecule has 0 spiro atoms. The summed E-state index contributed by atoms with van der Waals surface area (Å²) in [5.41, 5.74) is 1.83. The first kappa shape index (κ1) is 14.8. The summed E-state index contributed by atoms with van der Waals surface area (Å²) >= 11 is 3.49. The van der Waals surface area contributed by atoms with E-state index >= 15 is 0 Å². The van der Waals surface area contributed by atoms with Crippen LogP contribution in [-0.2, 0) is 4.79 Å². The van der Waals surface area contributed by atoms with E-state index in [9.17, 15) is 9.59 Å². The minimum atomic E-state index is 0.0675. The van der Waals surface area contributed by atoms with Gasteiger partial charge < -0.3 is 4.90 Å². The first-order valence-electron chi connectivity index (χ1n) is 7.68. The molecule has 3 nitrogen and oxygen atoms in total. The van der Waals surface area contributed by atoms with E-state index in [1.165, 1.54) is 0 Å². The van der Waals surface area contributed by atoms with E-state index in [0.29, 0.717) is 17.8 Å². The van der Waals surface area contributed by atoms with Gasteiger partial charge in [0.25, 0.3) is 5.91 Å². The summed E-state index contributed by atoms with van der Waals surface area (Å²) in [6.45, 7) is 2.78. The molecular formula is C17H20BrNO2. The van der Waals surface area contributed by atoms with Crippen LogP contribution in [0.25, 0.3) is 0 Å². The minimum Gasteiger partial charge on any atom is -0.335 e. The Morgan fingerprint density at radius 3 is 2.76 bits per heavy atom. The van der Waals surface area contributed by atoms with E-state index in [4.69, 9.17) is 0 Å². The number of rotatable bonds is 2. The van der Waals surface area contributed by atoms with Gasteiger partial charge in [-0.2, -0.15) is 0 Å². The highest BCUT2D eigenvalue weighted by Crippen LogP contribution is 2.34. The van der Waals surface area contributed by atoms with Crippen molar-refractivity contribution in [1.82, 2.24) is 4.90 Å². The SMILES string of the molecule is Cc1ccc(C(=O)N2CCCC2C2CCCC2=O)cc1Br. The average molecular weight is 350 g/mol. The molecule has 1 heterocycles. The predicted molar refractivity (Wildman–Crippen MR) is 85.3 cm³/mol. The standard InChI is InChI=1S/C17H20BrNO2/c1-11-7-8-12(10-14(11)18)17(21)19-9-3-5-15(19)13-4-2-6-16(13)20/h7-8,10,13,15H,2-6,9H2,1H3. The number of aryl methyl sites for hydroxylation is 1. The molecule has 21 heavy (non-hydrogen) atoms. The molecule has 2 atom stereocenters. The molecule has 1 aliphatic carbocycles. The number of hydrogen-bond acceptors (Lipinski definition) is 2. The van der Waals surface area contributed by atoms with Crippen LogP contribution in [0.1, 0.15) is 48.0 Å². The van der Waals surface area contributed by atoms with Crippen LogP contribution >= 0.6 is 15.9 Å². The molecule has 0 N–H and O–H groups in total.